The molecule has 0 aliphatic rings. The van der Waals surface area contributed by atoms with E-state index in [9.17, 15) is 0 Å². The molecule has 0 N–H and O–H groups in total. The van der Waals surface area contributed by atoms with Gasteiger partial charge in [-0.25, -0.2) is 0 Å². The molecule has 1 nitrogen and oxygen atoms in total. The predicted octanol–water partition coefficient (Wildman–Crippen LogP) is 4.34. The summed E-state index contributed by atoms with van der Waals surface area (Å²) in [7, 11) is 0. The average Bonchev–Trinajstić information content (AvgIpc) is 2.37. The number of rotatable bonds is 1. The summed E-state index contributed by atoms with van der Waals surface area (Å²) in [4.78, 5) is 4.49. The van der Waals surface area contributed by atoms with Crippen molar-refractivity contribution in [2.75, 3.05) is 0 Å². The predicted molar refractivity (Wildman–Crippen MR) is 74.1 cm³/mol. The van der Waals surface area contributed by atoms with Gasteiger partial charge in [0.15, 0.2) is 0 Å². The highest BCUT2D eigenvalue weighted by atomic mass is 14.6. The molecule has 0 saturated heterocycles. The fourth-order valence-electron chi connectivity index (χ4n) is 2.18. The summed E-state index contributed by atoms with van der Waals surface area (Å²) in [6.07, 6.45) is 3.79. The first kappa shape index (κ1) is 10.0. The van der Waals surface area contributed by atoms with Crippen molar-refractivity contribution in [2.45, 2.75) is 6.92 Å². The molecule has 0 saturated carbocycles. The Labute approximate surface area is 100 Å². The van der Waals surface area contributed by atoms with E-state index in [-0.39, 0.29) is 0 Å². The van der Waals surface area contributed by atoms with Gasteiger partial charge in [0.1, 0.15) is 0 Å². The quantitative estimate of drug-likeness (QED) is 0.555. The van der Waals surface area contributed by atoms with Gasteiger partial charge in [-0.1, -0.05) is 36.4 Å². The highest BCUT2D eigenvalue weighted by molar-refractivity contribution is 6.06. The zero-order valence-corrected chi connectivity index (χ0v) is 9.77. The van der Waals surface area contributed by atoms with Crippen LogP contribution in [0.1, 0.15) is 11.1 Å². The van der Waals surface area contributed by atoms with Gasteiger partial charge in [0, 0.05) is 17.0 Å². The van der Waals surface area contributed by atoms with Gasteiger partial charge in [-0.15, -0.1) is 0 Å². The van der Waals surface area contributed by atoms with Crippen LogP contribution in [-0.2, 0) is 0 Å². The second-order valence-electron chi connectivity index (χ2n) is 4.33. The van der Waals surface area contributed by atoms with E-state index < -0.39 is 0 Å². The Morgan fingerprint density at radius 1 is 1.06 bits per heavy atom. The SMILES string of the molecule is C=Cc1ccc2c(cnc3ccc(C)cc32)c1. The Bertz CT molecular complexity index is 726. The van der Waals surface area contributed by atoms with E-state index in [4.69, 9.17) is 0 Å². The van der Waals surface area contributed by atoms with Crippen molar-refractivity contribution in [2.24, 2.45) is 0 Å². The number of aromatic nitrogens is 1. The molecule has 3 rings (SSSR count). The Morgan fingerprint density at radius 2 is 1.94 bits per heavy atom. The molecule has 0 spiro atoms. The smallest absolute Gasteiger partial charge is 0.0708 e. The second-order valence-corrected chi connectivity index (χ2v) is 4.33. The van der Waals surface area contributed by atoms with Crippen molar-refractivity contribution >= 4 is 27.8 Å². The summed E-state index contributed by atoms with van der Waals surface area (Å²) in [6.45, 7) is 5.90. The molecule has 82 valence electrons. The van der Waals surface area contributed by atoms with E-state index in [2.05, 4.69) is 54.9 Å². The normalized spacial score (nSPS) is 10.9. The number of nitrogens with zero attached hydrogens (tertiary/aromatic N) is 1. The highest BCUT2D eigenvalue weighted by Crippen LogP contribution is 2.25. The lowest BCUT2D eigenvalue weighted by Gasteiger charge is -2.05. The topological polar surface area (TPSA) is 12.9 Å². The molecule has 2 aromatic carbocycles. The van der Waals surface area contributed by atoms with Crippen LogP contribution in [0.15, 0.2) is 49.2 Å². The van der Waals surface area contributed by atoms with Gasteiger partial charge in [0.2, 0.25) is 0 Å². The van der Waals surface area contributed by atoms with Crippen molar-refractivity contribution in [1.29, 1.82) is 0 Å². The van der Waals surface area contributed by atoms with E-state index in [1.54, 1.807) is 0 Å². The molecule has 0 aliphatic carbocycles. The molecule has 0 radical (unpaired) electrons. The molecule has 0 bridgehead atoms. The third kappa shape index (κ3) is 1.60. The Hall–Kier alpha value is -2.15. The fraction of sp³-hybridized carbons (Fsp3) is 0.0625. The molecule has 0 amide bonds. The molecule has 17 heavy (non-hydrogen) atoms. The zero-order chi connectivity index (χ0) is 11.8. The summed E-state index contributed by atoms with van der Waals surface area (Å²) in [5.74, 6) is 0. The van der Waals surface area contributed by atoms with Gasteiger partial charge in [-0.2, -0.15) is 0 Å². The lowest BCUT2D eigenvalue weighted by Crippen LogP contribution is -1.84. The minimum Gasteiger partial charge on any atom is -0.256 e. The Morgan fingerprint density at radius 3 is 2.76 bits per heavy atom. The minimum atomic E-state index is 1.05. The van der Waals surface area contributed by atoms with Gasteiger partial charge in [0.25, 0.3) is 0 Å². The van der Waals surface area contributed by atoms with Gasteiger partial charge >= 0.3 is 0 Å². The monoisotopic (exact) mass is 219 g/mol. The first-order chi connectivity index (χ1) is 8.28. The molecule has 0 unspecified atom stereocenters. The van der Waals surface area contributed by atoms with E-state index in [0.717, 1.165) is 11.1 Å². The van der Waals surface area contributed by atoms with Gasteiger partial charge in [-0.3, -0.25) is 4.98 Å². The molecular formula is C16H13N. The maximum atomic E-state index is 4.49. The van der Waals surface area contributed by atoms with Crippen molar-refractivity contribution in [3.63, 3.8) is 0 Å². The van der Waals surface area contributed by atoms with Crippen LogP contribution in [0.2, 0.25) is 0 Å². The summed E-state index contributed by atoms with van der Waals surface area (Å²) in [5, 5.41) is 3.64. The van der Waals surface area contributed by atoms with E-state index in [0.29, 0.717) is 0 Å². The molecule has 1 aromatic heterocycles. The third-order valence-corrected chi connectivity index (χ3v) is 3.10. The zero-order valence-electron chi connectivity index (χ0n) is 9.77. The number of aryl methyl sites for hydroxylation is 1. The minimum absolute atomic E-state index is 1.05. The van der Waals surface area contributed by atoms with E-state index in [1.165, 1.54) is 21.7 Å². The molecular weight excluding hydrogens is 206 g/mol. The average molecular weight is 219 g/mol. The van der Waals surface area contributed by atoms with E-state index >= 15 is 0 Å². The number of hydrogen-bond acceptors (Lipinski definition) is 1. The maximum absolute atomic E-state index is 4.49. The van der Waals surface area contributed by atoms with Crippen LogP contribution in [0.4, 0.5) is 0 Å². The first-order valence-electron chi connectivity index (χ1n) is 5.69. The van der Waals surface area contributed by atoms with Gasteiger partial charge in [-0.05, 0) is 36.1 Å². The number of fused-ring (bicyclic) bond motifs is 3. The largest absolute Gasteiger partial charge is 0.256 e. The van der Waals surface area contributed by atoms with Gasteiger partial charge in [0.05, 0.1) is 5.52 Å². The van der Waals surface area contributed by atoms with E-state index in [1.807, 2.05) is 12.3 Å². The van der Waals surface area contributed by atoms with Crippen molar-refractivity contribution < 1.29 is 0 Å². The van der Waals surface area contributed by atoms with Crippen LogP contribution in [0.5, 0.6) is 0 Å². The Kier molecular flexibility index (Phi) is 2.19. The standard InChI is InChI=1S/C16H13N/c1-3-12-5-6-14-13(9-12)10-17-16-7-4-11(2)8-15(14)16/h3-10H,1H2,2H3. The third-order valence-electron chi connectivity index (χ3n) is 3.10. The summed E-state index contributed by atoms with van der Waals surface area (Å²) in [6, 6.07) is 12.7. The van der Waals surface area contributed by atoms with Crippen molar-refractivity contribution in [3.05, 3.63) is 60.3 Å². The lowest BCUT2D eigenvalue weighted by atomic mass is 10.0. The van der Waals surface area contributed by atoms with Gasteiger partial charge < -0.3 is 0 Å². The van der Waals surface area contributed by atoms with Crippen LogP contribution in [0.25, 0.3) is 27.8 Å². The van der Waals surface area contributed by atoms with Crippen LogP contribution in [-0.4, -0.2) is 4.98 Å². The maximum Gasteiger partial charge on any atom is 0.0708 e. The molecule has 1 heteroatoms. The van der Waals surface area contributed by atoms with Crippen LogP contribution < -0.4 is 0 Å². The summed E-state index contributed by atoms with van der Waals surface area (Å²) in [5.41, 5.74) is 3.44. The van der Waals surface area contributed by atoms with Crippen LogP contribution >= 0.6 is 0 Å². The lowest BCUT2D eigenvalue weighted by molar-refractivity contribution is 1.42. The van der Waals surface area contributed by atoms with Crippen molar-refractivity contribution in [1.82, 2.24) is 4.98 Å². The summed E-state index contributed by atoms with van der Waals surface area (Å²) < 4.78 is 0. The molecule has 0 aliphatic heterocycles. The second kappa shape index (κ2) is 3.70. The number of pyridine rings is 1. The Balaban J connectivity index is 2.46. The number of hydrogen-bond donors (Lipinski definition) is 0. The molecule has 3 aromatic rings. The molecule has 1 heterocycles. The van der Waals surface area contributed by atoms with Crippen molar-refractivity contribution in [3.8, 4) is 0 Å². The highest BCUT2D eigenvalue weighted by Gasteiger charge is 2.02. The van der Waals surface area contributed by atoms with Crippen LogP contribution in [0.3, 0.4) is 0 Å². The summed E-state index contributed by atoms with van der Waals surface area (Å²) >= 11 is 0. The number of benzene rings is 2. The molecule has 0 atom stereocenters. The first-order valence-corrected chi connectivity index (χ1v) is 5.69. The van der Waals surface area contributed by atoms with Crippen LogP contribution in [0, 0.1) is 6.92 Å². The fourth-order valence-corrected chi connectivity index (χ4v) is 2.18. The molecule has 0 fully saturated rings.